The topological polar surface area (TPSA) is 47.7 Å². The van der Waals surface area contributed by atoms with Gasteiger partial charge in [-0.25, -0.2) is 4.39 Å². The molecule has 1 aromatic rings. The van der Waals surface area contributed by atoms with Gasteiger partial charge in [0, 0.05) is 18.7 Å². The minimum absolute atomic E-state index is 0.168. The van der Waals surface area contributed by atoms with E-state index in [1.807, 2.05) is 19.0 Å². The van der Waals surface area contributed by atoms with E-state index in [-0.39, 0.29) is 11.4 Å². The van der Waals surface area contributed by atoms with Gasteiger partial charge in [0.1, 0.15) is 12.4 Å². The van der Waals surface area contributed by atoms with Crippen LogP contribution in [-0.2, 0) is 0 Å². The van der Waals surface area contributed by atoms with Gasteiger partial charge in [0.05, 0.1) is 12.3 Å². The number of hydrogen-bond acceptors (Lipinski definition) is 4. The Labute approximate surface area is 101 Å². The Balaban J connectivity index is 2.73. The highest BCUT2D eigenvalue weighted by Crippen LogP contribution is 2.30. The minimum atomic E-state index is -0.468. The number of likely N-dealkylation sites (N-methyl/N-ethyl adjacent to an activating group) is 1. The van der Waals surface area contributed by atoms with Crippen molar-refractivity contribution >= 4 is 5.69 Å². The Morgan fingerprint density at radius 2 is 1.94 bits per heavy atom. The fourth-order valence-corrected chi connectivity index (χ4v) is 1.28. The first-order valence-corrected chi connectivity index (χ1v) is 5.54. The molecule has 0 aliphatic rings. The number of nitrogens with two attached hydrogens (primary N) is 1. The van der Waals surface area contributed by atoms with Crippen LogP contribution in [0.25, 0.3) is 0 Å². The first-order valence-electron chi connectivity index (χ1n) is 5.54. The van der Waals surface area contributed by atoms with Crippen LogP contribution in [-0.4, -0.2) is 38.8 Å². The molecule has 0 atom stereocenters. The summed E-state index contributed by atoms with van der Waals surface area (Å²) in [4.78, 5) is 1.99. The molecule has 1 aromatic carbocycles. The van der Waals surface area contributed by atoms with Crippen LogP contribution < -0.4 is 15.2 Å². The predicted molar refractivity (Wildman–Crippen MR) is 66.0 cm³/mol. The van der Waals surface area contributed by atoms with E-state index >= 15 is 0 Å². The lowest BCUT2D eigenvalue weighted by Gasteiger charge is -2.14. The molecule has 17 heavy (non-hydrogen) atoms. The number of rotatable bonds is 6. The average Bonchev–Trinajstić information content (AvgIpc) is 2.24. The quantitative estimate of drug-likeness (QED) is 0.772. The van der Waals surface area contributed by atoms with Crippen molar-refractivity contribution in [2.75, 3.05) is 39.6 Å². The van der Waals surface area contributed by atoms with Crippen molar-refractivity contribution in [2.24, 2.45) is 0 Å². The van der Waals surface area contributed by atoms with Crippen molar-refractivity contribution in [1.29, 1.82) is 0 Å². The van der Waals surface area contributed by atoms with E-state index in [1.54, 1.807) is 6.92 Å². The van der Waals surface area contributed by atoms with Crippen LogP contribution in [0.2, 0.25) is 0 Å². The smallest absolute Gasteiger partial charge is 0.167 e. The molecule has 4 nitrogen and oxygen atoms in total. The van der Waals surface area contributed by atoms with Crippen molar-refractivity contribution in [2.45, 2.75) is 6.92 Å². The molecule has 0 spiro atoms. The van der Waals surface area contributed by atoms with Gasteiger partial charge in [-0.2, -0.15) is 0 Å². The Hall–Kier alpha value is -1.49. The molecule has 0 amide bonds. The molecule has 0 bridgehead atoms. The van der Waals surface area contributed by atoms with Crippen molar-refractivity contribution in [3.05, 3.63) is 17.9 Å². The normalized spacial score (nSPS) is 10.6. The lowest BCUT2D eigenvalue weighted by atomic mass is 10.2. The standard InChI is InChI=1S/C12H19FN2O2/c1-4-16-11-8-12(10(14)7-9(11)13)17-6-5-15(2)3/h7-8H,4-6,14H2,1-3H3. The average molecular weight is 242 g/mol. The first-order chi connectivity index (χ1) is 8.04. The minimum Gasteiger partial charge on any atom is -0.491 e. The van der Waals surface area contributed by atoms with Crippen molar-refractivity contribution in [3.8, 4) is 11.5 Å². The van der Waals surface area contributed by atoms with E-state index in [4.69, 9.17) is 15.2 Å². The summed E-state index contributed by atoms with van der Waals surface area (Å²) in [6.45, 7) is 3.45. The third-order valence-electron chi connectivity index (χ3n) is 2.16. The molecule has 0 aliphatic heterocycles. The summed E-state index contributed by atoms with van der Waals surface area (Å²) in [6.07, 6.45) is 0. The number of ether oxygens (including phenoxy) is 2. The molecule has 0 radical (unpaired) electrons. The highest BCUT2D eigenvalue weighted by molar-refractivity contribution is 5.56. The van der Waals surface area contributed by atoms with Crippen LogP contribution >= 0.6 is 0 Å². The number of nitrogens with zero attached hydrogens (tertiary/aromatic N) is 1. The summed E-state index contributed by atoms with van der Waals surface area (Å²) in [5, 5.41) is 0. The van der Waals surface area contributed by atoms with Gasteiger partial charge in [-0.1, -0.05) is 0 Å². The molecule has 0 unspecified atom stereocenters. The first kappa shape index (κ1) is 13.6. The van der Waals surface area contributed by atoms with E-state index in [1.165, 1.54) is 12.1 Å². The second-order valence-electron chi connectivity index (χ2n) is 3.91. The number of nitrogen functional groups attached to an aromatic ring is 1. The maximum Gasteiger partial charge on any atom is 0.167 e. The van der Waals surface area contributed by atoms with Gasteiger partial charge < -0.3 is 20.1 Å². The summed E-state index contributed by atoms with van der Waals surface area (Å²) < 4.78 is 24.0. The molecule has 0 saturated heterocycles. The Bertz CT molecular complexity index is 370. The second-order valence-corrected chi connectivity index (χ2v) is 3.91. The lowest BCUT2D eigenvalue weighted by Crippen LogP contribution is -2.19. The molecule has 0 fully saturated rings. The fraction of sp³-hybridized carbons (Fsp3) is 0.500. The van der Waals surface area contributed by atoms with Crippen molar-refractivity contribution in [3.63, 3.8) is 0 Å². The fourth-order valence-electron chi connectivity index (χ4n) is 1.28. The highest BCUT2D eigenvalue weighted by atomic mass is 19.1. The molecule has 96 valence electrons. The highest BCUT2D eigenvalue weighted by Gasteiger charge is 2.09. The zero-order chi connectivity index (χ0) is 12.8. The van der Waals surface area contributed by atoms with Crippen LogP contribution in [0.15, 0.2) is 12.1 Å². The van der Waals surface area contributed by atoms with Crippen LogP contribution in [0.3, 0.4) is 0 Å². The van der Waals surface area contributed by atoms with Crippen LogP contribution in [0, 0.1) is 5.82 Å². The van der Waals surface area contributed by atoms with E-state index in [0.29, 0.717) is 19.0 Å². The van der Waals surface area contributed by atoms with Gasteiger partial charge in [0.15, 0.2) is 11.6 Å². The number of benzene rings is 1. The maximum absolute atomic E-state index is 13.4. The van der Waals surface area contributed by atoms with Gasteiger partial charge in [-0.15, -0.1) is 0 Å². The van der Waals surface area contributed by atoms with Crippen LogP contribution in [0.4, 0.5) is 10.1 Å². The van der Waals surface area contributed by atoms with Crippen LogP contribution in [0.5, 0.6) is 11.5 Å². The van der Waals surface area contributed by atoms with Gasteiger partial charge in [-0.05, 0) is 21.0 Å². The second kappa shape index (κ2) is 6.30. The van der Waals surface area contributed by atoms with E-state index in [2.05, 4.69) is 0 Å². The van der Waals surface area contributed by atoms with Gasteiger partial charge in [-0.3, -0.25) is 0 Å². The van der Waals surface area contributed by atoms with Gasteiger partial charge >= 0.3 is 0 Å². The summed E-state index contributed by atoms with van der Waals surface area (Å²) in [5.74, 6) is 0.155. The maximum atomic E-state index is 13.4. The zero-order valence-electron chi connectivity index (χ0n) is 10.5. The monoisotopic (exact) mass is 242 g/mol. The van der Waals surface area contributed by atoms with Crippen molar-refractivity contribution in [1.82, 2.24) is 4.90 Å². The Kier molecular flexibility index (Phi) is 5.03. The van der Waals surface area contributed by atoms with Crippen molar-refractivity contribution < 1.29 is 13.9 Å². The largest absolute Gasteiger partial charge is 0.491 e. The third kappa shape index (κ3) is 4.11. The van der Waals surface area contributed by atoms with E-state index < -0.39 is 5.82 Å². The molecular formula is C12H19FN2O2. The van der Waals surface area contributed by atoms with Gasteiger partial charge in [0.2, 0.25) is 0 Å². The Morgan fingerprint density at radius 1 is 1.24 bits per heavy atom. The van der Waals surface area contributed by atoms with Crippen LogP contribution in [0.1, 0.15) is 6.92 Å². The summed E-state index contributed by atoms with van der Waals surface area (Å²) in [6, 6.07) is 2.71. The molecule has 2 N–H and O–H groups in total. The number of hydrogen-bond donors (Lipinski definition) is 1. The predicted octanol–water partition coefficient (Wildman–Crippen LogP) is 1.75. The summed E-state index contributed by atoms with van der Waals surface area (Å²) in [5.41, 5.74) is 5.95. The molecule has 0 aromatic heterocycles. The van der Waals surface area contributed by atoms with E-state index in [0.717, 1.165) is 6.54 Å². The summed E-state index contributed by atoms with van der Waals surface area (Å²) >= 11 is 0. The number of halogens is 1. The lowest BCUT2D eigenvalue weighted by molar-refractivity contribution is 0.259. The molecule has 0 saturated carbocycles. The summed E-state index contributed by atoms with van der Waals surface area (Å²) in [7, 11) is 3.89. The van der Waals surface area contributed by atoms with Gasteiger partial charge in [0.25, 0.3) is 0 Å². The SMILES string of the molecule is CCOc1cc(OCCN(C)C)c(N)cc1F. The zero-order valence-corrected chi connectivity index (χ0v) is 10.5. The molecule has 0 aliphatic carbocycles. The Morgan fingerprint density at radius 3 is 2.53 bits per heavy atom. The number of anilines is 1. The molecule has 0 heterocycles. The van der Waals surface area contributed by atoms with E-state index in [9.17, 15) is 4.39 Å². The molecular weight excluding hydrogens is 223 g/mol. The third-order valence-corrected chi connectivity index (χ3v) is 2.16. The molecule has 5 heteroatoms. The molecule has 1 rings (SSSR count).